The van der Waals surface area contributed by atoms with E-state index in [9.17, 15) is 0 Å². The largest absolute Gasteiger partial charge is 0.382 e. The molecule has 0 amide bonds. The standard InChI is InChI=1S/C15H28N2O3/c1-3-6-16-14-15-5-4-7-17(15)8-9-19-12-13-20-11-10-18-2/h4-5,7,16H,3,6,8-14H2,1-2H3. The first-order valence-electron chi connectivity index (χ1n) is 7.37. The summed E-state index contributed by atoms with van der Waals surface area (Å²) in [6.07, 6.45) is 3.26. The van der Waals surface area contributed by atoms with Crippen molar-refractivity contribution in [1.29, 1.82) is 0 Å². The Bertz CT molecular complexity index is 329. The van der Waals surface area contributed by atoms with Crippen LogP contribution in [0.2, 0.25) is 0 Å². The van der Waals surface area contributed by atoms with E-state index in [2.05, 4.69) is 35.1 Å². The lowest BCUT2D eigenvalue weighted by atomic mass is 10.4. The molecule has 0 fully saturated rings. The van der Waals surface area contributed by atoms with Crippen LogP contribution >= 0.6 is 0 Å². The zero-order valence-corrected chi connectivity index (χ0v) is 12.8. The summed E-state index contributed by atoms with van der Waals surface area (Å²) in [6, 6.07) is 4.23. The van der Waals surface area contributed by atoms with Crippen LogP contribution in [0.3, 0.4) is 0 Å². The number of hydrogen-bond donors (Lipinski definition) is 1. The molecule has 0 aliphatic carbocycles. The Morgan fingerprint density at radius 3 is 2.60 bits per heavy atom. The normalized spacial score (nSPS) is 11.1. The molecule has 1 rings (SSSR count). The van der Waals surface area contributed by atoms with E-state index in [1.54, 1.807) is 7.11 Å². The minimum absolute atomic E-state index is 0.625. The summed E-state index contributed by atoms with van der Waals surface area (Å²) >= 11 is 0. The summed E-state index contributed by atoms with van der Waals surface area (Å²) < 4.78 is 18.0. The van der Waals surface area contributed by atoms with Crippen LogP contribution in [0.5, 0.6) is 0 Å². The molecule has 0 unspecified atom stereocenters. The molecule has 0 aliphatic heterocycles. The molecule has 5 heteroatoms. The lowest BCUT2D eigenvalue weighted by Crippen LogP contribution is -2.18. The van der Waals surface area contributed by atoms with Crippen molar-refractivity contribution in [2.75, 3.05) is 46.7 Å². The number of nitrogens with one attached hydrogen (secondary N) is 1. The van der Waals surface area contributed by atoms with Crippen LogP contribution in [-0.2, 0) is 27.3 Å². The summed E-state index contributed by atoms with van der Waals surface area (Å²) in [7, 11) is 1.67. The Morgan fingerprint density at radius 2 is 1.85 bits per heavy atom. The van der Waals surface area contributed by atoms with Crippen LogP contribution in [0, 0.1) is 0 Å². The molecular formula is C15H28N2O3. The van der Waals surface area contributed by atoms with Gasteiger partial charge in [0.15, 0.2) is 0 Å². The fourth-order valence-electron chi connectivity index (χ4n) is 1.85. The molecule has 0 atom stereocenters. The Kier molecular flexibility index (Phi) is 10.2. The Balaban J connectivity index is 2.05. The van der Waals surface area contributed by atoms with Crippen molar-refractivity contribution in [3.05, 3.63) is 24.0 Å². The monoisotopic (exact) mass is 284 g/mol. The van der Waals surface area contributed by atoms with Crippen molar-refractivity contribution in [2.45, 2.75) is 26.4 Å². The van der Waals surface area contributed by atoms with Gasteiger partial charge in [0.05, 0.1) is 33.0 Å². The molecule has 0 aliphatic rings. The Hall–Kier alpha value is -0.880. The molecule has 0 aromatic carbocycles. The van der Waals surface area contributed by atoms with Crippen LogP contribution in [0.4, 0.5) is 0 Å². The van der Waals surface area contributed by atoms with E-state index < -0.39 is 0 Å². The number of rotatable bonds is 13. The lowest BCUT2D eigenvalue weighted by molar-refractivity contribution is 0.0229. The molecule has 0 saturated heterocycles. The molecule has 0 bridgehead atoms. The molecule has 5 nitrogen and oxygen atoms in total. The second-order valence-electron chi connectivity index (χ2n) is 4.59. The highest BCUT2D eigenvalue weighted by Gasteiger charge is 2.00. The zero-order valence-electron chi connectivity index (χ0n) is 12.8. The summed E-state index contributed by atoms with van der Waals surface area (Å²) in [5, 5.41) is 3.41. The van der Waals surface area contributed by atoms with Gasteiger partial charge in [0.1, 0.15) is 0 Å². The SMILES string of the molecule is CCCNCc1cccn1CCOCCOCCOC. The van der Waals surface area contributed by atoms with E-state index in [-0.39, 0.29) is 0 Å². The number of methoxy groups -OCH3 is 1. The maximum Gasteiger partial charge on any atom is 0.0701 e. The van der Waals surface area contributed by atoms with Gasteiger partial charge >= 0.3 is 0 Å². The van der Waals surface area contributed by atoms with Gasteiger partial charge in [0, 0.05) is 32.1 Å². The van der Waals surface area contributed by atoms with Crippen LogP contribution in [0.25, 0.3) is 0 Å². The predicted octanol–water partition coefficient (Wildman–Crippen LogP) is 1.67. The highest BCUT2D eigenvalue weighted by Crippen LogP contribution is 2.02. The fraction of sp³-hybridized carbons (Fsp3) is 0.733. The average Bonchev–Trinajstić information content (AvgIpc) is 2.90. The number of nitrogens with zero attached hydrogens (tertiary/aromatic N) is 1. The van der Waals surface area contributed by atoms with Crippen LogP contribution in [-0.4, -0.2) is 51.3 Å². The van der Waals surface area contributed by atoms with Crippen LogP contribution in [0.1, 0.15) is 19.0 Å². The van der Waals surface area contributed by atoms with Gasteiger partial charge in [-0.3, -0.25) is 0 Å². The molecule has 1 N–H and O–H groups in total. The third-order valence-corrected chi connectivity index (χ3v) is 2.94. The van der Waals surface area contributed by atoms with Gasteiger partial charge in [0.2, 0.25) is 0 Å². The lowest BCUT2D eigenvalue weighted by Gasteiger charge is -2.10. The van der Waals surface area contributed by atoms with Crippen molar-refractivity contribution in [3.8, 4) is 0 Å². The molecule has 1 heterocycles. The third-order valence-electron chi connectivity index (χ3n) is 2.94. The second kappa shape index (κ2) is 11.9. The van der Waals surface area contributed by atoms with Gasteiger partial charge in [-0.25, -0.2) is 0 Å². The first-order chi connectivity index (χ1) is 9.88. The first kappa shape index (κ1) is 17.2. The van der Waals surface area contributed by atoms with Gasteiger partial charge in [-0.15, -0.1) is 0 Å². The highest BCUT2D eigenvalue weighted by atomic mass is 16.5. The van der Waals surface area contributed by atoms with E-state index >= 15 is 0 Å². The van der Waals surface area contributed by atoms with E-state index in [0.29, 0.717) is 33.0 Å². The van der Waals surface area contributed by atoms with Crippen molar-refractivity contribution in [1.82, 2.24) is 9.88 Å². The molecule has 20 heavy (non-hydrogen) atoms. The molecule has 0 saturated carbocycles. The molecule has 116 valence electrons. The topological polar surface area (TPSA) is 44.7 Å². The maximum atomic E-state index is 5.56. The fourth-order valence-corrected chi connectivity index (χ4v) is 1.85. The van der Waals surface area contributed by atoms with Gasteiger partial charge in [-0.1, -0.05) is 6.92 Å². The van der Waals surface area contributed by atoms with Crippen molar-refractivity contribution in [2.24, 2.45) is 0 Å². The molecule has 1 aromatic rings. The van der Waals surface area contributed by atoms with Gasteiger partial charge in [0.25, 0.3) is 0 Å². The summed E-state index contributed by atoms with van der Waals surface area (Å²) in [5.41, 5.74) is 1.30. The number of aromatic nitrogens is 1. The summed E-state index contributed by atoms with van der Waals surface area (Å²) in [4.78, 5) is 0. The smallest absolute Gasteiger partial charge is 0.0701 e. The van der Waals surface area contributed by atoms with Gasteiger partial charge in [-0.2, -0.15) is 0 Å². The summed E-state index contributed by atoms with van der Waals surface area (Å²) in [5.74, 6) is 0. The first-order valence-corrected chi connectivity index (χ1v) is 7.37. The molecule has 0 spiro atoms. The van der Waals surface area contributed by atoms with Crippen molar-refractivity contribution >= 4 is 0 Å². The van der Waals surface area contributed by atoms with Gasteiger partial charge < -0.3 is 24.1 Å². The Morgan fingerprint density at radius 1 is 1.10 bits per heavy atom. The maximum absolute atomic E-state index is 5.56. The van der Waals surface area contributed by atoms with E-state index in [4.69, 9.17) is 14.2 Å². The highest BCUT2D eigenvalue weighted by molar-refractivity contribution is 5.06. The molecule has 0 radical (unpaired) electrons. The quantitative estimate of drug-likeness (QED) is 0.560. The predicted molar refractivity (Wildman–Crippen MR) is 79.9 cm³/mol. The second-order valence-corrected chi connectivity index (χ2v) is 4.59. The summed E-state index contributed by atoms with van der Waals surface area (Å²) in [6.45, 7) is 8.27. The third kappa shape index (κ3) is 7.65. The zero-order chi connectivity index (χ0) is 14.5. The van der Waals surface area contributed by atoms with E-state index in [0.717, 1.165) is 26.1 Å². The van der Waals surface area contributed by atoms with Crippen molar-refractivity contribution in [3.63, 3.8) is 0 Å². The van der Waals surface area contributed by atoms with Crippen LogP contribution in [0.15, 0.2) is 18.3 Å². The van der Waals surface area contributed by atoms with Gasteiger partial charge in [-0.05, 0) is 25.1 Å². The number of ether oxygens (including phenoxy) is 3. The van der Waals surface area contributed by atoms with Crippen LogP contribution < -0.4 is 5.32 Å². The van der Waals surface area contributed by atoms with Crippen molar-refractivity contribution < 1.29 is 14.2 Å². The van der Waals surface area contributed by atoms with E-state index in [1.165, 1.54) is 5.69 Å². The van der Waals surface area contributed by atoms with E-state index in [1.807, 2.05) is 0 Å². The molecule has 1 aromatic heterocycles. The minimum atomic E-state index is 0.625. The average molecular weight is 284 g/mol. The number of hydrogen-bond acceptors (Lipinski definition) is 4. The molecular weight excluding hydrogens is 256 g/mol. The Labute approximate surface area is 122 Å². The minimum Gasteiger partial charge on any atom is -0.382 e.